The molecule has 86 valence electrons. The molecule has 1 N–H and O–H groups in total. The first-order valence-corrected chi connectivity index (χ1v) is 6.38. The molecular formula is C14H19NO. The fraction of sp³-hybridized carbons (Fsp3) is 0.571. The van der Waals surface area contributed by atoms with Crippen molar-refractivity contribution in [3.63, 3.8) is 0 Å². The van der Waals surface area contributed by atoms with E-state index in [1.165, 1.54) is 42.5 Å². The van der Waals surface area contributed by atoms with Gasteiger partial charge in [-0.15, -0.1) is 0 Å². The molecule has 0 amide bonds. The van der Waals surface area contributed by atoms with Crippen molar-refractivity contribution >= 4 is 5.69 Å². The summed E-state index contributed by atoms with van der Waals surface area (Å²) >= 11 is 0. The summed E-state index contributed by atoms with van der Waals surface area (Å²) in [5.74, 6) is 0.723. The summed E-state index contributed by atoms with van der Waals surface area (Å²) < 4.78 is 5.42. The van der Waals surface area contributed by atoms with Gasteiger partial charge in [-0.3, -0.25) is 0 Å². The highest BCUT2D eigenvalue weighted by atomic mass is 16.5. The van der Waals surface area contributed by atoms with Crippen molar-refractivity contribution in [3.05, 3.63) is 29.3 Å². The molecule has 1 fully saturated rings. The van der Waals surface area contributed by atoms with Gasteiger partial charge in [0.05, 0.1) is 0 Å². The number of fused-ring (bicyclic) bond motifs is 1. The molecule has 0 aromatic heterocycles. The van der Waals surface area contributed by atoms with Crippen molar-refractivity contribution in [2.45, 2.75) is 31.6 Å². The normalized spacial score (nSPS) is 21.2. The van der Waals surface area contributed by atoms with Gasteiger partial charge in [0.1, 0.15) is 0 Å². The standard InChI is InChI=1S/C14H19NO/c1-2-13-10-12(3-4-14(13)15-7-1)11-5-8-16-9-6-11/h3-4,10-11,15H,1-2,5-9H2. The van der Waals surface area contributed by atoms with E-state index in [1.54, 1.807) is 0 Å². The quantitative estimate of drug-likeness (QED) is 0.781. The van der Waals surface area contributed by atoms with E-state index in [2.05, 4.69) is 23.5 Å². The minimum absolute atomic E-state index is 0.723. The van der Waals surface area contributed by atoms with Crippen molar-refractivity contribution in [2.24, 2.45) is 0 Å². The second-order valence-corrected chi connectivity index (χ2v) is 4.83. The fourth-order valence-corrected chi connectivity index (χ4v) is 2.78. The third-order valence-corrected chi connectivity index (χ3v) is 3.76. The molecule has 0 atom stereocenters. The second kappa shape index (κ2) is 4.46. The van der Waals surface area contributed by atoms with Gasteiger partial charge in [-0.05, 0) is 48.8 Å². The molecule has 0 spiro atoms. The third kappa shape index (κ3) is 1.94. The maximum Gasteiger partial charge on any atom is 0.0471 e. The van der Waals surface area contributed by atoms with Gasteiger partial charge in [0.25, 0.3) is 0 Å². The average Bonchev–Trinajstić information content (AvgIpc) is 2.39. The Labute approximate surface area is 97.0 Å². The van der Waals surface area contributed by atoms with Gasteiger partial charge in [-0.1, -0.05) is 12.1 Å². The molecule has 1 aromatic rings. The van der Waals surface area contributed by atoms with Gasteiger partial charge in [0, 0.05) is 25.4 Å². The fourth-order valence-electron chi connectivity index (χ4n) is 2.78. The summed E-state index contributed by atoms with van der Waals surface area (Å²) in [6, 6.07) is 6.98. The maximum absolute atomic E-state index is 5.42. The van der Waals surface area contributed by atoms with Crippen molar-refractivity contribution < 1.29 is 4.74 Å². The Hall–Kier alpha value is -1.02. The number of hydrogen-bond acceptors (Lipinski definition) is 2. The molecule has 0 radical (unpaired) electrons. The molecule has 2 nitrogen and oxygen atoms in total. The van der Waals surface area contributed by atoms with Crippen molar-refractivity contribution in [3.8, 4) is 0 Å². The predicted octanol–water partition coefficient (Wildman–Crippen LogP) is 2.94. The molecule has 2 aliphatic rings. The monoisotopic (exact) mass is 217 g/mol. The minimum atomic E-state index is 0.723. The summed E-state index contributed by atoms with van der Waals surface area (Å²) in [5.41, 5.74) is 4.38. The van der Waals surface area contributed by atoms with Crippen LogP contribution in [0.15, 0.2) is 18.2 Å². The van der Waals surface area contributed by atoms with Crippen LogP contribution in [0.1, 0.15) is 36.3 Å². The molecule has 2 aliphatic heterocycles. The van der Waals surface area contributed by atoms with Gasteiger partial charge >= 0.3 is 0 Å². The van der Waals surface area contributed by atoms with Crippen LogP contribution in [-0.2, 0) is 11.2 Å². The molecule has 1 aromatic carbocycles. The number of aryl methyl sites for hydroxylation is 1. The number of rotatable bonds is 1. The van der Waals surface area contributed by atoms with Gasteiger partial charge in [-0.25, -0.2) is 0 Å². The molecule has 0 unspecified atom stereocenters. The van der Waals surface area contributed by atoms with Crippen LogP contribution in [0.5, 0.6) is 0 Å². The highest BCUT2D eigenvalue weighted by Gasteiger charge is 2.17. The Morgan fingerprint density at radius 1 is 1.19 bits per heavy atom. The SMILES string of the molecule is c1cc2c(cc1C1CCOCC1)CCCN2. The molecular weight excluding hydrogens is 198 g/mol. The molecule has 2 heterocycles. The zero-order valence-corrected chi connectivity index (χ0v) is 9.67. The Kier molecular flexibility index (Phi) is 2.83. The summed E-state index contributed by atoms with van der Waals surface area (Å²) in [5, 5.41) is 3.47. The van der Waals surface area contributed by atoms with Crippen LogP contribution >= 0.6 is 0 Å². The first-order valence-electron chi connectivity index (χ1n) is 6.38. The van der Waals surface area contributed by atoms with E-state index >= 15 is 0 Å². The van der Waals surface area contributed by atoms with Crippen LogP contribution in [0.3, 0.4) is 0 Å². The number of hydrogen-bond donors (Lipinski definition) is 1. The van der Waals surface area contributed by atoms with E-state index in [0.29, 0.717) is 0 Å². The molecule has 3 rings (SSSR count). The largest absolute Gasteiger partial charge is 0.385 e. The number of nitrogens with one attached hydrogen (secondary N) is 1. The summed E-state index contributed by atoms with van der Waals surface area (Å²) in [4.78, 5) is 0. The van der Waals surface area contributed by atoms with Crippen molar-refractivity contribution in [1.29, 1.82) is 0 Å². The van der Waals surface area contributed by atoms with E-state index in [-0.39, 0.29) is 0 Å². The molecule has 2 heteroatoms. The van der Waals surface area contributed by atoms with Crippen LogP contribution in [-0.4, -0.2) is 19.8 Å². The smallest absolute Gasteiger partial charge is 0.0471 e. The maximum atomic E-state index is 5.42. The first-order chi connectivity index (χ1) is 7.93. The Morgan fingerprint density at radius 2 is 2.06 bits per heavy atom. The number of benzene rings is 1. The molecule has 16 heavy (non-hydrogen) atoms. The van der Waals surface area contributed by atoms with Gasteiger partial charge in [-0.2, -0.15) is 0 Å². The summed E-state index contributed by atoms with van der Waals surface area (Å²) in [6.45, 7) is 2.99. The zero-order chi connectivity index (χ0) is 10.8. The lowest BCUT2D eigenvalue weighted by Gasteiger charge is -2.25. The van der Waals surface area contributed by atoms with E-state index in [9.17, 15) is 0 Å². The van der Waals surface area contributed by atoms with Gasteiger partial charge in [0.15, 0.2) is 0 Å². The Balaban J connectivity index is 1.84. The summed E-state index contributed by atoms with van der Waals surface area (Å²) in [7, 11) is 0. The zero-order valence-electron chi connectivity index (χ0n) is 9.67. The summed E-state index contributed by atoms with van der Waals surface area (Å²) in [6.07, 6.45) is 4.88. The lowest BCUT2D eigenvalue weighted by atomic mass is 9.89. The van der Waals surface area contributed by atoms with E-state index in [1.807, 2.05) is 0 Å². The average molecular weight is 217 g/mol. The minimum Gasteiger partial charge on any atom is -0.385 e. The topological polar surface area (TPSA) is 21.3 Å². The Morgan fingerprint density at radius 3 is 2.94 bits per heavy atom. The second-order valence-electron chi connectivity index (χ2n) is 4.83. The van der Waals surface area contributed by atoms with Crippen LogP contribution < -0.4 is 5.32 Å². The van der Waals surface area contributed by atoms with E-state index in [0.717, 1.165) is 25.7 Å². The van der Waals surface area contributed by atoms with E-state index in [4.69, 9.17) is 4.74 Å². The lowest BCUT2D eigenvalue weighted by Crippen LogP contribution is -2.16. The van der Waals surface area contributed by atoms with Gasteiger partial charge in [0.2, 0.25) is 0 Å². The van der Waals surface area contributed by atoms with Crippen LogP contribution in [0.25, 0.3) is 0 Å². The third-order valence-electron chi connectivity index (χ3n) is 3.76. The molecule has 0 saturated carbocycles. The molecule has 0 aliphatic carbocycles. The van der Waals surface area contributed by atoms with Gasteiger partial charge < -0.3 is 10.1 Å². The van der Waals surface area contributed by atoms with Crippen LogP contribution in [0.2, 0.25) is 0 Å². The van der Waals surface area contributed by atoms with E-state index < -0.39 is 0 Å². The van der Waals surface area contributed by atoms with Crippen molar-refractivity contribution in [2.75, 3.05) is 25.1 Å². The number of ether oxygens (including phenoxy) is 1. The predicted molar refractivity (Wildman–Crippen MR) is 66.0 cm³/mol. The Bertz CT molecular complexity index is 369. The van der Waals surface area contributed by atoms with Crippen LogP contribution in [0, 0.1) is 0 Å². The molecule has 0 bridgehead atoms. The highest BCUT2D eigenvalue weighted by molar-refractivity contribution is 5.54. The van der Waals surface area contributed by atoms with Crippen molar-refractivity contribution in [1.82, 2.24) is 0 Å². The lowest BCUT2D eigenvalue weighted by molar-refractivity contribution is 0.0853. The highest BCUT2D eigenvalue weighted by Crippen LogP contribution is 2.31. The first kappa shape index (κ1) is 10.2. The number of anilines is 1. The van der Waals surface area contributed by atoms with Crippen LogP contribution in [0.4, 0.5) is 5.69 Å². The molecule has 1 saturated heterocycles.